The van der Waals surface area contributed by atoms with Gasteiger partial charge < -0.3 is 14.8 Å². The normalized spacial score (nSPS) is 31.9. The molecule has 7 atom stereocenters. The molecule has 2 aromatic carbocycles. The number of nitrogens with one attached hydrogen (secondary N) is 1. The van der Waals surface area contributed by atoms with Gasteiger partial charge >= 0.3 is 4.87 Å². The Balaban J connectivity index is 1.33. The van der Waals surface area contributed by atoms with Crippen molar-refractivity contribution < 1.29 is 19.4 Å². The molecule has 4 aliphatic rings. The number of phenols is 1. The van der Waals surface area contributed by atoms with Gasteiger partial charge in [0.05, 0.1) is 29.7 Å². The Hall–Kier alpha value is -2.75. The average Bonchev–Trinajstić information content (AvgIpc) is 3.59. The summed E-state index contributed by atoms with van der Waals surface area (Å²) in [7, 11) is 1.51. The molecule has 1 aromatic heterocycles. The Morgan fingerprint density at radius 1 is 1.06 bits per heavy atom. The number of aromatic amines is 1. The molecule has 0 radical (unpaired) electrons. The van der Waals surface area contributed by atoms with Crippen LogP contribution in [-0.4, -0.2) is 34.3 Å². The number of nitrogens with zero attached hydrogens (tertiary/aromatic N) is 1. The molecule has 7 rings (SSSR count). The van der Waals surface area contributed by atoms with Crippen LogP contribution >= 0.6 is 34.7 Å². The molecular weight excluding hydrogens is 520 g/mol. The summed E-state index contributed by atoms with van der Waals surface area (Å²) in [5.41, 5.74) is 1.49. The highest BCUT2D eigenvalue weighted by Gasteiger charge is 2.69. The number of phenolic OH excluding ortho intramolecular Hbond substituents is 1. The fraction of sp³-hybridized carbons (Fsp3) is 0.346. The first-order valence-electron chi connectivity index (χ1n) is 11.8. The van der Waals surface area contributed by atoms with Crippen molar-refractivity contribution in [2.24, 2.45) is 29.6 Å². The highest BCUT2D eigenvalue weighted by Crippen LogP contribution is 2.68. The Morgan fingerprint density at radius 3 is 2.50 bits per heavy atom. The van der Waals surface area contributed by atoms with E-state index in [9.17, 15) is 19.5 Å². The van der Waals surface area contributed by atoms with Gasteiger partial charge in [-0.3, -0.25) is 19.3 Å². The van der Waals surface area contributed by atoms with Gasteiger partial charge in [-0.05, 0) is 66.1 Å². The summed E-state index contributed by atoms with van der Waals surface area (Å²) < 4.78 is 5.38. The molecule has 0 spiro atoms. The molecule has 3 fully saturated rings. The van der Waals surface area contributed by atoms with Crippen LogP contribution in [0.5, 0.6) is 11.5 Å². The van der Waals surface area contributed by atoms with Crippen molar-refractivity contribution >= 4 is 52.2 Å². The minimum Gasteiger partial charge on any atom is -0.504 e. The standard InChI is InChI=1S/C26H21ClN2O5S2/c1-34-16-8-10(2-7-15(16)30)17-18-13-9-14(21(18)35-23-22(17)36-26(33)28-23)20-19(13)24(31)29(25(20)32)12-5-3-11(27)4-6-12/h2-8,13-14,17-21,30H,9H2,1H3,(H,28,33)/t13-,14+,17+,18+,19+,20+,21-/m1/s1. The van der Waals surface area contributed by atoms with Crippen LogP contribution in [0.3, 0.4) is 0 Å². The maximum absolute atomic E-state index is 13.7. The van der Waals surface area contributed by atoms with E-state index in [0.717, 1.165) is 21.9 Å². The number of methoxy groups -OCH3 is 1. The number of thioether (sulfide) groups is 1. The van der Waals surface area contributed by atoms with E-state index >= 15 is 0 Å². The van der Waals surface area contributed by atoms with Crippen LogP contribution in [0.25, 0.3) is 0 Å². The van der Waals surface area contributed by atoms with Crippen LogP contribution in [0.1, 0.15) is 22.8 Å². The molecular formula is C26H21ClN2O5S2. The third kappa shape index (κ3) is 2.96. The predicted octanol–water partition coefficient (Wildman–Crippen LogP) is 4.48. The maximum atomic E-state index is 13.7. The van der Waals surface area contributed by atoms with E-state index in [4.69, 9.17) is 16.3 Å². The second-order valence-corrected chi connectivity index (χ2v) is 12.5. The summed E-state index contributed by atoms with van der Waals surface area (Å²) in [5.74, 6) is -0.576. The molecule has 2 amide bonds. The zero-order chi connectivity index (χ0) is 24.9. The lowest BCUT2D eigenvalue weighted by Crippen LogP contribution is -2.42. The summed E-state index contributed by atoms with van der Waals surface area (Å²) in [4.78, 5) is 45.0. The minimum absolute atomic E-state index is 0.0152. The zero-order valence-electron chi connectivity index (χ0n) is 19.0. The Labute approximate surface area is 219 Å². The van der Waals surface area contributed by atoms with Crippen LogP contribution < -0.4 is 14.5 Å². The van der Waals surface area contributed by atoms with Crippen molar-refractivity contribution in [2.75, 3.05) is 12.0 Å². The Bertz CT molecular complexity index is 1480. The molecule has 3 heterocycles. The molecule has 0 unspecified atom stereocenters. The highest BCUT2D eigenvalue weighted by atomic mass is 35.5. The highest BCUT2D eigenvalue weighted by molar-refractivity contribution is 8.00. The van der Waals surface area contributed by atoms with E-state index in [2.05, 4.69) is 4.98 Å². The van der Waals surface area contributed by atoms with Crippen LogP contribution in [0.15, 0.2) is 52.3 Å². The molecule has 2 saturated carbocycles. The zero-order valence-corrected chi connectivity index (χ0v) is 21.4. The predicted molar refractivity (Wildman–Crippen MR) is 137 cm³/mol. The van der Waals surface area contributed by atoms with Gasteiger partial charge in [-0.2, -0.15) is 0 Å². The first-order chi connectivity index (χ1) is 17.4. The third-order valence-corrected chi connectivity index (χ3v) is 11.2. The number of hydrogen-bond donors (Lipinski definition) is 2. The average molecular weight is 541 g/mol. The molecule has 2 aliphatic heterocycles. The summed E-state index contributed by atoms with van der Waals surface area (Å²) in [6.07, 6.45) is 0.814. The number of aromatic hydroxyl groups is 1. The largest absolute Gasteiger partial charge is 0.504 e. The third-order valence-electron chi connectivity index (χ3n) is 8.37. The van der Waals surface area contributed by atoms with E-state index in [1.807, 2.05) is 12.1 Å². The number of halogens is 1. The number of benzene rings is 2. The first-order valence-corrected chi connectivity index (χ1v) is 13.8. The van der Waals surface area contributed by atoms with E-state index < -0.39 is 0 Å². The number of amides is 2. The van der Waals surface area contributed by atoms with Gasteiger partial charge in [0.15, 0.2) is 11.5 Å². The van der Waals surface area contributed by atoms with Gasteiger partial charge in [0.1, 0.15) is 0 Å². The summed E-state index contributed by atoms with van der Waals surface area (Å²) in [5, 5.41) is 11.7. The molecule has 36 heavy (non-hydrogen) atoms. The van der Waals surface area contributed by atoms with Gasteiger partial charge in [0, 0.05) is 21.1 Å². The van der Waals surface area contributed by atoms with Crippen molar-refractivity contribution in [1.82, 2.24) is 4.98 Å². The smallest absolute Gasteiger partial charge is 0.305 e. The Kier molecular flexibility index (Phi) is 4.91. The molecule has 184 valence electrons. The second kappa shape index (κ2) is 7.87. The lowest BCUT2D eigenvalue weighted by molar-refractivity contribution is -0.123. The lowest BCUT2D eigenvalue weighted by Gasteiger charge is -2.43. The monoisotopic (exact) mass is 540 g/mol. The van der Waals surface area contributed by atoms with E-state index in [1.165, 1.54) is 23.3 Å². The van der Waals surface area contributed by atoms with Gasteiger partial charge in [0.25, 0.3) is 0 Å². The van der Waals surface area contributed by atoms with Crippen molar-refractivity contribution in [3.05, 3.63) is 67.6 Å². The van der Waals surface area contributed by atoms with E-state index in [-0.39, 0.29) is 63.2 Å². The number of aromatic nitrogens is 1. The first kappa shape index (κ1) is 22.4. The van der Waals surface area contributed by atoms with Gasteiger partial charge in [0.2, 0.25) is 11.8 Å². The number of imide groups is 1. The maximum Gasteiger partial charge on any atom is 0.305 e. The molecule has 10 heteroatoms. The van der Waals surface area contributed by atoms with Gasteiger partial charge in [-0.15, -0.1) is 11.8 Å². The fourth-order valence-electron chi connectivity index (χ4n) is 7.12. The number of carbonyl (C=O) groups excluding carboxylic acids is 2. The minimum atomic E-state index is -0.376. The number of thiazole rings is 1. The molecule has 3 aromatic rings. The van der Waals surface area contributed by atoms with Crippen LogP contribution in [0.4, 0.5) is 5.69 Å². The number of hydrogen-bond acceptors (Lipinski definition) is 7. The van der Waals surface area contributed by atoms with Crippen LogP contribution in [0.2, 0.25) is 5.02 Å². The lowest BCUT2D eigenvalue weighted by atomic mass is 9.68. The quantitative estimate of drug-likeness (QED) is 0.475. The number of carbonyl (C=O) groups is 2. The summed E-state index contributed by atoms with van der Waals surface area (Å²) >= 11 is 8.89. The van der Waals surface area contributed by atoms with Gasteiger partial charge in [-0.25, -0.2) is 0 Å². The number of H-pyrrole nitrogens is 1. The number of rotatable bonds is 3. The van der Waals surface area contributed by atoms with Crippen LogP contribution in [-0.2, 0) is 9.59 Å². The summed E-state index contributed by atoms with van der Waals surface area (Å²) in [6.45, 7) is 0. The molecule has 1 saturated heterocycles. The topological polar surface area (TPSA) is 99.7 Å². The number of ether oxygens (including phenoxy) is 1. The van der Waals surface area contributed by atoms with E-state index in [1.54, 1.807) is 42.1 Å². The molecule has 2 N–H and O–H groups in total. The van der Waals surface area contributed by atoms with Crippen molar-refractivity contribution in [2.45, 2.75) is 22.6 Å². The van der Waals surface area contributed by atoms with Gasteiger partial charge in [-0.1, -0.05) is 29.0 Å². The summed E-state index contributed by atoms with van der Waals surface area (Å²) in [6, 6.07) is 12.1. The molecule has 2 aliphatic carbocycles. The van der Waals surface area contributed by atoms with Crippen molar-refractivity contribution in [1.29, 1.82) is 0 Å². The van der Waals surface area contributed by atoms with E-state index in [0.29, 0.717) is 16.5 Å². The van der Waals surface area contributed by atoms with Crippen molar-refractivity contribution in [3.8, 4) is 11.5 Å². The fourth-order valence-corrected chi connectivity index (χ4v) is 10.1. The SMILES string of the molecule is COc1cc([C@@H]2c3sc(=O)[nH]c3S[C@@H]3[C@H]4C[C@@H]([C@@H]5C(=O)N(c6ccc(Cl)cc6)C(=O)[C@@H]45)[C@@H]23)ccc1O. The molecule has 2 bridgehead atoms. The molecule has 7 nitrogen and oxygen atoms in total. The van der Waals surface area contributed by atoms with Crippen molar-refractivity contribution in [3.63, 3.8) is 0 Å². The second-order valence-electron chi connectivity index (χ2n) is 9.88. The Morgan fingerprint density at radius 2 is 1.78 bits per heavy atom. The number of fused-ring (bicyclic) bond motifs is 9. The van der Waals surface area contributed by atoms with Crippen LogP contribution in [0, 0.1) is 29.6 Å². The number of anilines is 1.